The predicted molar refractivity (Wildman–Crippen MR) is 119 cm³/mol. The van der Waals surface area contributed by atoms with Crippen molar-refractivity contribution in [1.29, 1.82) is 0 Å². The summed E-state index contributed by atoms with van der Waals surface area (Å²) in [5.41, 5.74) is 3.24. The monoisotopic (exact) mass is 406 g/mol. The summed E-state index contributed by atoms with van der Waals surface area (Å²) in [6.45, 7) is 3.12. The lowest BCUT2D eigenvalue weighted by molar-refractivity contribution is 0.304. The van der Waals surface area contributed by atoms with Crippen LogP contribution in [0.1, 0.15) is 43.2 Å². The number of unbranched alkanes of at least 4 members (excludes halogenated alkanes) is 1. The molecule has 6 heteroatoms. The molecule has 29 heavy (non-hydrogen) atoms. The Labute approximate surface area is 177 Å². The highest BCUT2D eigenvalue weighted by atomic mass is 32.1. The second kappa shape index (κ2) is 8.66. The average molecular weight is 407 g/mol. The molecule has 0 bridgehead atoms. The molecule has 1 saturated heterocycles. The maximum absolute atomic E-state index is 5.74. The van der Waals surface area contributed by atoms with Gasteiger partial charge in [-0.3, -0.25) is 4.98 Å². The first kappa shape index (κ1) is 19.5. The Bertz CT molecular complexity index is 972. The summed E-state index contributed by atoms with van der Waals surface area (Å²) in [5, 5.41) is 4.31. The van der Waals surface area contributed by atoms with Crippen LogP contribution < -0.4 is 10.1 Å². The van der Waals surface area contributed by atoms with Crippen molar-refractivity contribution in [3.63, 3.8) is 0 Å². The maximum atomic E-state index is 5.74. The normalized spacial score (nSPS) is 18.7. The van der Waals surface area contributed by atoms with Crippen LogP contribution in [0.3, 0.4) is 0 Å². The Kier molecular flexibility index (Phi) is 5.81. The molecule has 2 unspecified atom stereocenters. The van der Waals surface area contributed by atoms with Gasteiger partial charge in [0.25, 0.3) is 0 Å². The molecule has 0 radical (unpaired) electrons. The summed E-state index contributed by atoms with van der Waals surface area (Å²) < 4.78 is 7.65. The number of hydrogen-bond acceptors (Lipinski definition) is 3. The first-order valence-electron chi connectivity index (χ1n) is 10.0. The van der Waals surface area contributed by atoms with Gasteiger partial charge in [-0.05, 0) is 55.0 Å². The van der Waals surface area contributed by atoms with Gasteiger partial charge in [-0.25, -0.2) is 0 Å². The summed E-state index contributed by atoms with van der Waals surface area (Å²) >= 11 is 5.74. The summed E-state index contributed by atoms with van der Waals surface area (Å²) in [4.78, 5) is 6.93. The fourth-order valence-corrected chi connectivity index (χ4v) is 4.26. The highest BCUT2D eigenvalue weighted by Crippen LogP contribution is 2.39. The van der Waals surface area contributed by atoms with E-state index in [0.29, 0.717) is 0 Å². The number of aromatic nitrogens is 2. The third kappa shape index (κ3) is 3.85. The summed E-state index contributed by atoms with van der Waals surface area (Å²) in [6, 6.07) is 18.5. The Morgan fingerprint density at radius 1 is 1.14 bits per heavy atom. The highest BCUT2D eigenvalue weighted by molar-refractivity contribution is 7.80. The zero-order valence-electron chi connectivity index (χ0n) is 16.8. The van der Waals surface area contributed by atoms with E-state index in [1.54, 1.807) is 7.11 Å². The van der Waals surface area contributed by atoms with Crippen molar-refractivity contribution in [2.75, 3.05) is 13.7 Å². The molecule has 3 heterocycles. The number of rotatable bonds is 7. The summed E-state index contributed by atoms with van der Waals surface area (Å²) in [7, 11) is 1.69. The standard InChI is InChI=1S/C23H26N4OS/c1-3-4-14-27-22(21(25-23(27)29)19-11-5-6-13-24-19)20-12-8-15-26(20)17-9-7-10-18(16-17)28-2/h5-13,15-16,21-22H,3-4,14H2,1-2H3,(H,25,29). The molecule has 0 saturated carbocycles. The molecule has 2 atom stereocenters. The molecule has 0 aliphatic carbocycles. The Balaban J connectivity index is 1.78. The van der Waals surface area contributed by atoms with Crippen LogP contribution in [0.15, 0.2) is 67.0 Å². The van der Waals surface area contributed by atoms with E-state index in [9.17, 15) is 0 Å². The van der Waals surface area contributed by atoms with E-state index < -0.39 is 0 Å². The van der Waals surface area contributed by atoms with E-state index in [4.69, 9.17) is 17.0 Å². The van der Waals surface area contributed by atoms with Gasteiger partial charge in [0.1, 0.15) is 5.75 Å². The molecule has 1 N–H and O–H groups in total. The molecule has 1 aliphatic heterocycles. The lowest BCUT2D eigenvalue weighted by Crippen LogP contribution is -2.31. The maximum Gasteiger partial charge on any atom is 0.170 e. The topological polar surface area (TPSA) is 42.3 Å². The highest BCUT2D eigenvalue weighted by Gasteiger charge is 2.40. The second-order valence-electron chi connectivity index (χ2n) is 7.18. The lowest BCUT2D eigenvalue weighted by atomic mass is 10.0. The minimum absolute atomic E-state index is 0.000172. The van der Waals surface area contributed by atoms with Crippen LogP contribution in [0.2, 0.25) is 0 Å². The van der Waals surface area contributed by atoms with Gasteiger partial charge in [0.05, 0.1) is 24.9 Å². The van der Waals surface area contributed by atoms with Crippen LogP contribution in [0.25, 0.3) is 5.69 Å². The number of methoxy groups -OCH3 is 1. The molecule has 150 valence electrons. The average Bonchev–Trinajstić information content (AvgIpc) is 3.37. The first-order chi connectivity index (χ1) is 14.2. The minimum atomic E-state index is -0.000172. The van der Waals surface area contributed by atoms with Crippen LogP contribution in [0, 0.1) is 0 Å². The van der Waals surface area contributed by atoms with Crippen molar-refractivity contribution < 1.29 is 4.74 Å². The number of thiocarbonyl (C=S) groups is 1. The van der Waals surface area contributed by atoms with Gasteiger partial charge < -0.3 is 19.5 Å². The van der Waals surface area contributed by atoms with E-state index in [-0.39, 0.29) is 12.1 Å². The van der Waals surface area contributed by atoms with Gasteiger partial charge in [0.15, 0.2) is 5.11 Å². The fourth-order valence-electron chi connectivity index (χ4n) is 3.93. The van der Waals surface area contributed by atoms with Gasteiger partial charge in [0.2, 0.25) is 0 Å². The van der Waals surface area contributed by atoms with Gasteiger partial charge in [-0.15, -0.1) is 0 Å². The lowest BCUT2D eigenvalue weighted by Gasteiger charge is -2.29. The zero-order valence-corrected chi connectivity index (χ0v) is 17.6. The van der Waals surface area contributed by atoms with Gasteiger partial charge in [-0.2, -0.15) is 0 Å². The number of ether oxygens (including phenoxy) is 1. The summed E-state index contributed by atoms with van der Waals surface area (Å²) in [5.74, 6) is 0.839. The first-order valence-corrected chi connectivity index (χ1v) is 10.4. The van der Waals surface area contributed by atoms with Crippen LogP contribution >= 0.6 is 12.2 Å². The van der Waals surface area contributed by atoms with Crippen LogP contribution in [-0.2, 0) is 0 Å². The molecule has 2 aromatic heterocycles. The Morgan fingerprint density at radius 2 is 2.03 bits per heavy atom. The molecular formula is C23H26N4OS. The number of nitrogens with zero attached hydrogens (tertiary/aromatic N) is 3. The van der Waals surface area contributed by atoms with E-state index >= 15 is 0 Å². The van der Waals surface area contributed by atoms with Crippen molar-refractivity contribution in [2.24, 2.45) is 0 Å². The van der Waals surface area contributed by atoms with E-state index in [1.807, 2.05) is 30.5 Å². The predicted octanol–water partition coefficient (Wildman–Crippen LogP) is 4.65. The third-order valence-electron chi connectivity index (χ3n) is 5.37. The number of nitrogens with one attached hydrogen (secondary N) is 1. The molecule has 1 aromatic carbocycles. The fraction of sp³-hybridized carbons (Fsp3) is 0.304. The van der Waals surface area contributed by atoms with Crippen molar-refractivity contribution in [3.05, 3.63) is 78.4 Å². The Hall–Kier alpha value is -2.86. The van der Waals surface area contributed by atoms with Crippen molar-refractivity contribution >= 4 is 17.3 Å². The van der Waals surface area contributed by atoms with Crippen molar-refractivity contribution in [3.8, 4) is 11.4 Å². The van der Waals surface area contributed by atoms with E-state index in [0.717, 1.165) is 41.6 Å². The number of hydrogen-bond donors (Lipinski definition) is 1. The van der Waals surface area contributed by atoms with Gasteiger partial charge >= 0.3 is 0 Å². The molecule has 5 nitrogen and oxygen atoms in total. The largest absolute Gasteiger partial charge is 0.497 e. The van der Waals surface area contributed by atoms with Crippen LogP contribution in [-0.4, -0.2) is 33.2 Å². The molecule has 0 amide bonds. The van der Waals surface area contributed by atoms with Crippen molar-refractivity contribution in [1.82, 2.24) is 19.8 Å². The number of benzene rings is 1. The molecule has 3 aromatic rings. The second-order valence-corrected chi connectivity index (χ2v) is 7.56. The molecule has 4 rings (SSSR count). The molecule has 1 aliphatic rings. The SMILES string of the molecule is CCCCN1C(=S)NC(c2ccccn2)C1c1cccn1-c1cccc(OC)c1. The minimum Gasteiger partial charge on any atom is -0.497 e. The van der Waals surface area contributed by atoms with Crippen LogP contribution in [0.5, 0.6) is 5.75 Å². The van der Waals surface area contributed by atoms with Crippen LogP contribution in [0.4, 0.5) is 0 Å². The Morgan fingerprint density at radius 3 is 2.79 bits per heavy atom. The molecular weight excluding hydrogens is 380 g/mol. The van der Waals surface area contributed by atoms with Gasteiger partial charge in [-0.1, -0.05) is 25.5 Å². The third-order valence-corrected chi connectivity index (χ3v) is 5.72. The van der Waals surface area contributed by atoms with E-state index in [1.165, 1.54) is 5.69 Å². The van der Waals surface area contributed by atoms with Crippen molar-refractivity contribution in [2.45, 2.75) is 31.8 Å². The van der Waals surface area contributed by atoms with Gasteiger partial charge in [0, 0.05) is 36.4 Å². The molecule has 1 fully saturated rings. The number of pyridine rings is 1. The molecule has 0 spiro atoms. The zero-order chi connectivity index (χ0) is 20.2. The summed E-state index contributed by atoms with van der Waals surface area (Å²) in [6.07, 6.45) is 6.15. The van der Waals surface area contributed by atoms with E-state index in [2.05, 4.69) is 63.2 Å². The smallest absolute Gasteiger partial charge is 0.170 e. The quantitative estimate of drug-likeness (QED) is 0.579.